The van der Waals surface area contributed by atoms with E-state index in [1.165, 1.54) is 12.4 Å². The number of carbonyl (C=O) groups excluding carboxylic acids is 2. The van der Waals surface area contributed by atoms with Crippen molar-refractivity contribution in [2.75, 3.05) is 17.9 Å². The highest BCUT2D eigenvalue weighted by Crippen LogP contribution is 2.32. The van der Waals surface area contributed by atoms with Crippen molar-refractivity contribution in [3.63, 3.8) is 0 Å². The molecule has 3 aromatic heterocycles. The third kappa shape index (κ3) is 8.66. The average molecular weight is 658 g/mol. The van der Waals surface area contributed by atoms with Gasteiger partial charge in [0.05, 0.1) is 46.6 Å². The predicted molar refractivity (Wildman–Crippen MR) is 170 cm³/mol. The molecule has 2 aliphatic rings. The van der Waals surface area contributed by atoms with Crippen LogP contribution in [0.2, 0.25) is 0 Å². The van der Waals surface area contributed by atoms with Gasteiger partial charge in [0.15, 0.2) is 5.01 Å². The zero-order chi connectivity index (χ0) is 32.2. The third-order valence-electron chi connectivity index (χ3n) is 7.29. The van der Waals surface area contributed by atoms with Crippen LogP contribution in [-0.4, -0.2) is 75.3 Å². The van der Waals surface area contributed by atoms with Gasteiger partial charge < -0.3 is 19.7 Å². The topological polar surface area (TPSA) is 166 Å². The second-order valence-corrected chi connectivity index (χ2v) is 15.1. The lowest BCUT2D eigenvalue weighted by molar-refractivity contribution is 0.00767. The third-order valence-corrected chi connectivity index (χ3v) is 10.2. The van der Waals surface area contributed by atoms with Crippen LogP contribution in [0.5, 0.6) is 5.88 Å². The molecule has 0 radical (unpaired) electrons. The zero-order valence-corrected chi connectivity index (χ0v) is 27.5. The molecule has 13 nitrogen and oxygen atoms in total. The van der Waals surface area contributed by atoms with Gasteiger partial charge in [-0.3, -0.25) is 19.5 Å². The van der Waals surface area contributed by atoms with E-state index in [1.807, 2.05) is 27.7 Å². The number of nitrogens with zero attached hydrogens (tertiary/aromatic N) is 5. The molecule has 15 heteroatoms. The highest BCUT2D eigenvalue weighted by atomic mass is 32.2. The molecular weight excluding hydrogens is 619 g/mol. The van der Waals surface area contributed by atoms with Crippen LogP contribution in [-0.2, 0) is 14.8 Å². The minimum absolute atomic E-state index is 0.205. The Bertz CT molecular complexity index is 1620. The van der Waals surface area contributed by atoms with E-state index in [0.29, 0.717) is 60.2 Å². The number of sulfonamides is 1. The Hall–Kier alpha value is -3.85. The van der Waals surface area contributed by atoms with Crippen LogP contribution in [0.15, 0.2) is 36.9 Å². The van der Waals surface area contributed by atoms with E-state index in [1.54, 1.807) is 29.4 Å². The number of carbonyl (C=O) groups is 2. The van der Waals surface area contributed by atoms with Crippen molar-refractivity contribution in [3.05, 3.63) is 47.6 Å². The van der Waals surface area contributed by atoms with Crippen molar-refractivity contribution in [1.29, 1.82) is 0 Å². The summed E-state index contributed by atoms with van der Waals surface area (Å²) in [6.07, 6.45) is 9.84. The summed E-state index contributed by atoms with van der Waals surface area (Å²) in [6, 6.07) is 2.31. The number of rotatable bonds is 11. The molecule has 2 fully saturated rings. The van der Waals surface area contributed by atoms with Crippen molar-refractivity contribution in [1.82, 2.24) is 30.2 Å². The first-order chi connectivity index (χ1) is 21.4. The largest absolute Gasteiger partial charge is 0.477 e. The van der Waals surface area contributed by atoms with Crippen molar-refractivity contribution in [2.24, 2.45) is 0 Å². The fourth-order valence-corrected chi connectivity index (χ4v) is 7.21. The van der Waals surface area contributed by atoms with Crippen LogP contribution in [0.4, 0.5) is 10.5 Å². The van der Waals surface area contributed by atoms with Gasteiger partial charge >= 0.3 is 6.09 Å². The van der Waals surface area contributed by atoms with E-state index < -0.39 is 38.9 Å². The summed E-state index contributed by atoms with van der Waals surface area (Å²) in [7, 11) is -3.51. The van der Waals surface area contributed by atoms with Gasteiger partial charge in [0, 0.05) is 25.0 Å². The Balaban J connectivity index is 1.40. The first-order valence-electron chi connectivity index (χ1n) is 15.1. The van der Waals surface area contributed by atoms with Gasteiger partial charge in [-0.15, -0.1) is 11.3 Å². The number of piperidine rings is 1. The molecule has 4 heterocycles. The lowest BCUT2D eigenvalue weighted by Gasteiger charge is -2.38. The number of hydrogen-bond acceptors (Lipinski definition) is 11. The van der Waals surface area contributed by atoms with Crippen LogP contribution >= 0.6 is 11.3 Å². The summed E-state index contributed by atoms with van der Waals surface area (Å²) in [5, 5.41) is 2.87. The van der Waals surface area contributed by atoms with Gasteiger partial charge in [0.25, 0.3) is 5.91 Å². The Labute approximate surface area is 267 Å². The lowest BCUT2D eigenvalue weighted by atomic mass is 9.94. The molecule has 2 atom stereocenters. The molecule has 2 N–H and O–H groups in total. The zero-order valence-electron chi connectivity index (χ0n) is 25.9. The highest BCUT2D eigenvalue weighted by molar-refractivity contribution is 7.93. The van der Waals surface area contributed by atoms with E-state index in [4.69, 9.17) is 9.47 Å². The number of nitrogens with one attached hydrogen (secondary N) is 2. The molecular formula is C30H39N7O6S2. The summed E-state index contributed by atoms with van der Waals surface area (Å²) in [5.74, 6) is -0.0599. The number of ether oxygens (including phenoxy) is 2. The Morgan fingerprint density at radius 1 is 1.13 bits per heavy atom. The summed E-state index contributed by atoms with van der Waals surface area (Å²) in [4.78, 5) is 46.6. The van der Waals surface area contributed by atoms with Gasteiger partial charge in [-0.2, -0.15) is 0 Å². The molecule has 0 bridgehead atoms. The number of hydrogen-bond donors (Lipinski definition) is 2. The predicted octanol–water partition coefficient (Wildman–Crippen LogP) is 4.95. The summed E-state index contributed by atoms with van der Waals surface area (Å²) in [5.41, 5.74) is 0.696. The molecule has 242 valence electrons. The Kier molecular flexibility index (Phi) is 9.87. The van der Waals surface area contributed by atoms with Crippen LogP contribution in [0.1, 0.15) is 87.8 Å². The Morgan fingerprint density at radius 2 is 1.93 bits per heavy atom. The van der Waals surface area contributed by atoms with E-state index in [0.717, 1.165) is 30.6 Å². The lowest BCUT2D eigenvalue weighted by Crippen LogP contribution is -2.47. The van der Waals surface area contributed by atoms with Gasteiger partial charge in [-0.1, -0.05) is 0 Å². The molecule has 1 saturated heterocycles. The summed E-state index contributed by atoms with van der Waals surface area (Å²) >= 11 is 1.16. The van der Waals surface area contributed by atoms with Crippen LogP contribution in [0.25, 0.3) is 10.6 Å². The van der Waals surface area contributed by atoms with Crippen molar-refractivity contribution >= 4 is 39.0 Å². The first-order valence-corrected chi connectivity index (χ1v) is 17.5. The SMILES string of the molecule is CCOc1cncc(-c2cnc(C(=O)N[C@H](C[C@@H]3CCCCN3C(=O)OC(C)(C)C)c3cc(NS(=O)(=O)C4CC4)ccn3)s2)n1. The van der Waals surface area contributed by atoms with Gasteiger partial charge in [0.2, 0.25) is 15.9 Å². The quantitative estimate of drug-likeness (QED) is 0.288. The van der Waals surface area contributed by atoms with E-state index >= 15 is 0 Å². The first kappa shape index (κ1) is 32.5. The summed E-state index contributed by atoms with van der Waals surface area (Å²) < 4.78 is 39.1. The minimum Gasteiger partial charge on any atom is -0.477 e. The molecule has 0 spiro atoms. The van der Waals surface area contributed by atoms with E-state index in [2.05, 4.69) is 30.0 Å². The maximum Gasteiger partial charge on any atom is 0.410 e. The summed E-state index contributed by atoms with van der Waals surface area (Å²) in [6.45, 7) is 8.31. The smallest absolute Gasteiger partial charge is 0.410 e. The second-order valence-electron chi connectivity index (χ2n) is 12.1. The Morgan fingerprint density at radius 3 is 2.67 bits per heavy atom. The minimum atomic E-state index is -3.51. The van der Waals surface area contributed by atoms with Gasteiger partial charge in [-0.25, -0.2) is 23.2 Å². The normalized spacial score (nSPS) is 17.8. The maximum absolute atomic E-state index is 13.6. The average Bonchev–Trinajstić information content (AvgIpc) is 3.74. The number of pyridine rings is 1. The number of likely N-dealkylation sites (tertiary alicyclic amines) is 1. The molecule has 1 aliphatic carbocycles. The number of amides is 2. The maximum atomic E-state index is 13.6. The molecule has 2 amide bonds. The molecule has 45 heavy (non-hydrogen) atoms. The monoisotopic (exact) mass is 657 g/mol. The molecule has 1 saturated carbocycles. The molecule has 5 rings (SSSR count). The van der Waals surface area contributed by atoms with Crippen molar-refractivity contribution in [3.8, 4) is 16.5 Å². The van der Waals surface area contributed by atoms with Crippen LogP contribution in [0, 0.1) is 0 Å². The van der Waals surface area contributed by atoms with E-state index in [-0.39, 0.29) is 11.0 Å². The number of thiazole rings is 1. The molecule has 0 aromatic carbocycles. The highest BCUT2D eigenvalue weighted by Gasteiger charge is 2.36. The fourth-order valence-electron chi connectivity index (χ4n) is 5.06. The number of aromatic nitrogens is 4. The van der Waals surface area contributed by atoms with Gasteiger partial charge in [-0.05, 0) is 78.4 Å². The number of anilines is 1. The fraction of sp³-hybridized carbons (Fsp3) is 0.533. The van der Waals surface area contributed by atoms with Crippen LogP contribution in [0.3, 0.4) is 0 Å². The second kappa shape index (κ2) is 13.6. The van der Waals surface area contributed by atoms with Gasteiger partial charge in [0.1, 0.15) is 11.3 Å². The van der Waals surface area contributed by atoms with Crippen molar-refractivity contribution in [2.45, 2.75) is 89.2 Å². The van der Waals surface area contributed by atoms with Crippen LogP contribution < -0.4 is 14.8 Å². The van der Waals surface area contributed by atoms with Crippen molar-refractivity contribution < 1.29 is 27.5 Å². The molecule has 3 aromatic rings. The van der Waals surface area contributed by atoms with E-state index in [9.17, 15) is 18.0 Å². The molecule has 0 unspecified atom stereocenters. The standard InChI is InChI=1S/C30H39N7O6S2/c1-5-42-26-18-31-16-24(34-26)25-17-33-28(44-25)27(38)35-23(15-20-8-6-7-13-37(20)29(39)43-30(2,3)4)22-14-19(11-12-32-22)36-45(40,41)21-9-10-21/h11-12,14,16-18,20-21,23H,5-10,13,15H2,1-4H3,(H,32,36)(H,35,38)/t20-,23+/m0/s1. The molecule has 1 aliphatic heterocycles.